The molecule has 0 N–H and O–H groups in total. The number of rotatable bonds is 6. The molecule has 28 heavy (non-hydrogen) atoms. The third kappa shape index (κ3) is 4.33. The van der Waals surface area contributed by atoms with Crippen molar-refractivity contribution in [2.45, 2.75) is 41.5 Å². The van der Waals surface area contributed by atoms with Crippen LogP contribution in [0.2, 0.25) is 0 Å². The smallest absolute Gasteiger partial charge is 0.489 e. The standard InChI is InChI=1S/C24H27BO3/c1-16-10-7-13-22(19(16)4)26-25(27-23-14-8-11-17(2)20(23)5)28-24-15-9-12-18(3)21(24)6/h7-15H,1-6H3. The fourth-order valence-corrected chi connectivity index (χ4v) is 2.94. The van der Waals surface area contributed by atoms with E-state index >= 15 is 0 Å². The van der Waals surface area contributed by atoms with E-state index in [-0.39, 0.29) is 0 Å². The van der Waals surface area contributed by atoms with Crippen LogP contribution in [0.5, 0.6) is 17.2 Å². The zero-order chi connectivity index (χ0) is 20.3. The van der Waals surface area contributed by atoms with Crippen molar-refractivity contribution in [2.24, 2.45) is 0 Å². The molecule has 4 heteroatoms. The maximum absolute atomic E-state index is 6.18. The lowest BCUT2D eigenvalue weighted by Gasteiger charge is -2.20. The molecule has 0 aliphatic heterocycles. The highest BCUT2D eigenvalue weighted by Crippen LogP contribution is 2.27. The molecular weight excluding hydrogens is 347 g/mol. The predicted octanol–water partition coefficient (Wildman–Crippen LogP) is 6.06. The van der Waals surface area contributed by atoms with Crippen LogP contribution in [0.4, 0.5) is 0 Å². The van der Waals surface area contributed by atoms with E-state index in [1.807, 2.05) is 57.2 Å². The van der Waals surface area contributed by atoms with Crippen molar-refractivity contribution >= 4 is 7.32 Å². The summed E-state index contributed by atoms with van der Waals surface area (Å²) >= 11 is 0. The lowest BCUT2D eigenvalue weighted by molar-refractivity contribution is 0.304. The number of hydrogen-bond donors (Lipinski definition) is 0. The van der Waals surface area contributed by atoms with Crippen LogP contribution < -0.4 is 14.0 Å². The van der Waals surface area contributed by atoms with E-state index < -0.39 is 7.32 Å². The van der Waals surface area contributed by atoms with Crippen molar-refractivity contribution in [3.63, 3.8) is 0 Å². The number of benzene rings is 3. The maximum atomic E-state index is 6.18. The summed E-state index contributed by atoms with van der Waals surface area (Å²) in [5.41, 5.74) is 6.70. The van der Waals surface area contributed by atoms with Gasteiger partial charge < -0.3 is 14.0 Å². The fourth-order valence-electron chi connectivity index (χ4n) is 2.94. The Balaban J connectivity index is 1.94. The molecule has 0 aliphatic rings. The molecule has 0 aromatic heterocycles. The van der Waals surface area contributed by atoms with Gasteiger partial charge in [0, 0.05) is 0 Å². The molecule has 0 unspecified atom stereocenters. The Bertz CT molecular complexity index is 854. The molecule has 0 aliphatic carbocycles. The molecule has 0 spiro atoms. The highest BCUT2D eigenvalue weighted by atomic mass is 16.7. The third-order valence-corrected chi connectivity index (χ3v) is 5.33. The Morgan fingerprint density at radius 1 is 0.464 bits per heavy atom. The Kier molecular flexibility index (Phi) is 5.98. The molecule has 0 saturated heterocycles. The Morgan fingerprint density at radius 2 is 0.750 bits per heavy atom. The van der Waals surface area contributed by atoms with Crippen molar-refractivity contribution in [3.05, 3.63) is 88.0 Å². The Morgan fingerprint density at radius 3 is 1.04 bits per heavy atom. The first kappa shape index (κ1) is 19.9. The molecule has 144 valence electrons. The van der Waals surface area contributed by atoms with Gasteiger partial charge in [0.05, 0.1) is 0 Å². The van der Waals surface area contributed by atoms with Crippen LogP contribution in [0.25, 0.3) is 0 Å². The SMILES string of the molecule is Cc1cccc(OB(Oc2cccc(C)c2C)Oc2cccc(C)c2C)c1C. The van der Waals surface area contributed by atoms with Crippen molar-refractivity contribution in [3.8, 4) is 17.2 Å². The highest BCUT2D eigenvalue weighted by Gasteiger charge is 2.32. The van der Waals surface area contributed by atoms with Crippen LogP contribution in [-0.4, -0.2) is 7.32 Å². The predicted molar refractivity (Wildman–Crippen MR) is 115 cm³/mol. The van der Waals surface area contributed by atoms with E-state index in [2.05, 4.69) is 39.0 Å². The first-order chi connectivity index (χ1) is 13.4. The molecule has 3 rings (SSSR count). The summed E-state index contributed by atoms with van der Waals surface area (Å²) in [5.74, 6) is 2.25. The largest absolute Gasteiger partial charge is 0.864 e. The van der Waals surface area contributed by atoms with Gasteiger partial charge in [0.2, 0.25) is 0 Å². The molecule has 0 amide bonds. The minimum absolute atomic E-state index is 0.751. The summed E-state index contributed by atoms with van der Waals surface area (Å²) in [6.07, 6.45) is 0. The average molecular weight is 374 g/mol. The van der Waals surface area contributed by atoms with E-state index in [1.54, 1.807) is 0 Å². The topological polar surface area (TPSA) is 27.7 Å². The molecule has 3 aromatic carbocycles. The summed E-state index contributed by atoms with van der Waals surface area (Å²) in [6, 6.07) is 17.9. The first-order valence-electron chi connectivity index (χ1n) is 9.55. The maximum Gasteiger partial charge on any atom is 0.864 e. The van der Waals surface area contributed by atoms with E-state index in [1.165, 1.54) is 0 Å². The van der Waals surface area contributed by atoms with Gasteiger partial charge in [0.1, 0.15) is 17.2 Å². The second-order valence-corrected chi connectivity index (χ2v) is 7.24. The molecule has 3 aromatic rings. The molecular formula is C24H27BO3. The third-order valence-electron chi connectivity index (χ3n) is 5.33. The molecule has 0 bridgehead atoms. The first-order valence-corrected chi connectivity index (χ1v) is 9.55. The van der Waals surface area contributed by atoms with Crippen LogP contribution in [-0.2, 0) is 0 Å². The van der Waals surface area contributed by atoms with Crippen molar-refractivity contribution < 1.29 is 14.0 Å². The molecule has 0 heterocycles. The van der Waals surface area contributed by atoms with Gasteiger partial charge >= 0.3 is 7.32 Å². The highest BCUT2D eigenvalue weighted by molar-refractivity contribution is 6.39. The Hall–Kier alpha value is -2.88. The zero-order valence-electron chi connectivity index (χ0n) is 17.5. The second kappa shape index (κ2) is 8.43. The quantitative estimate of drug-likeness (QED) is 0.491. The summed E-state index contributed by atoms with van der Waals surface area (Å²) in [5, 5.41) is 0. The van der Waals surface area contributed by atoms with Crippen molar-refractivity contribution in [1.29, 1.82) is 0 Å². The van der Waals surface area contributed by atoms with Gasteiger partial charge in [0.25, 0.3) is 0 Å². The van der Waals surface area contributed by atoms with Gasteiger partial charge in [0.15, 0.2) is 0 Å². The number of aryl methyl sites for hydroxylation is 3. The van der Waals surface area contributed by atoms with Gasteiger partial charge in [-0.25, -0.2) is 0 Å². The summed E-state index contributed by atoms with van der Waals surface area (Å²) in [7, 11) is -0.901. The van der Waals surface area contributed by atoms with Crippen LogP contribution in [0.3, 0.4) is 0 Å². The lowest BCUT2D eigenvalue weighted by atomic mass is 10.1. The van der Waals surface area contributed by atoms with Crippen LogP contribution in [0, 0.1) is 41.5 Å². The van der Waals surface area contributed by atoms with Gasteiger partial charge in [-0.05, 0) is 93.1 Å². The van der Waals surface area contributed by atoms with E-state index in [0.717, 1.165) is 50.6 Å². The summed E-state index contributed by atoms with van der Waals surface area (Å²) in [6.45, 7) is 12.3. The zero-order valence-corrected chi connectivity index (χ0v) is 17.5. The summed E-state index contributed by atoms with van der Waals surface area (Å²) < 4.78 is 18.5. The molecule has 0 fully saturated rings. The van der Waals surface area contributed by atoms with Gasteiger partial charge in [-0.3, -0.25) is 0 Å². The fraction of sp³-hybridized carbons (Fsp3) is 0.250. The Labute approximate surface area is 168 Å². The van der Waals surface area contributed by atoms with Crippen molar-refractivity contribution in [2.75, 3.05) is 0 Å². The molecule has 0 radical (unpaired) electrons. The lowest BCUT2D eigenvalue weighted by Crippen LogP contribution is -2.37. The minimum Gasteiger partial charge on any atom is -0.489 e. The van der Waals surface area contributed by atoms with Gasteiger partial charge in [-0.2, -0.15) is 0 Å². The van der Waals surface area contributed by atoms with E-state index in [9.17, 15) is 0 Å². The van der Waals surface area contributed by atoms with Gasteiger partial charge in [-0.15, -0.1) is 0 Å². The molecule has 0 atom stereocenters. The molecule has 3 nitrogen and oxygen atoms in total. The minimum atomic E-state index is -0.901. The monoisotopic (exact) mass is 374 g/mol. The van der Waals surface area contributed by atoms with E-state index in [4.69, 9.17) is 14.0 Å². The number of hydrogen-bond acceptors (Lipinski definition) is 3. The van der Waals surface area contributed by atoms with Crippen molar-refractivity contribution in [1.82, 2.24) is 0 Å². The van der Waals surface area contributed by atoms with E-state index in [0.29, 0.717) is 0 Å². The van der Waals surface area contributed by atoms with Crippen LogP contribution >= 0.6 is 0 Å². The van der Waals surface area contributed by atoms with Gasteiger partial charge in [-0.1, -0.05) is 36.4 Å². The normalized spacial score (nSPS) is 10.5. The van der Waals surface area contributed by atoms with Crippen LogP contribution in [0.15, 0.2) is 54.6 Å². The van der Waals surface area contributed by atoms with Crippen LogP contribution in [0.1, 0.15) is 33.4 Å². The average Bonchev–Trinajstić information content (AvgIpc) is 2.66. The molecule has 0 saturated carbocycles. The second-order valence-electron chi connectivity index (χ2n) is 7.24. The summed E-state index contributed by atoms with van der Waals surface area (Å²) in [4.78, 5) is 0.